The van der Waals surface area contributed by atoms with Gasteiger partial charge in [-0.15, -0.1) is 11.3 Å². The summed E-state index contributed by atoms with van der Waals surface area (Å²) >= 11 is 18.9. The zero-order chi connectivity index (χ0) is 13.3. The Hall–Kier alpha value is -0.740. The molecule has 94 valence electrons. The van der Waals surface area contributed by atoms with Crippen LogP contribution in [0.3, 0.4) is 0 Å². The Balaban J connectivity index is 2.43. The maximum absolute atomic E-state index is 12.2. The Morgan fingerprint density at radius 3 is 2.39 bits per heavy atom. The SMILES string of the molecule is COc1ccc(C(=O)c2cc(Cl)sc2Cl)c(Cl)c1. The molecule has 0 aliphatic carbocycles. The maximum atomic E-state index is 12.2. The summed E-state index contributed by atoms with van der Waals surface area (Å²) < 4.78 is 5.85. The Bertz CT molecular complexity index is 607. The lowest BCUT2D eigenvalue weighted by molar-refractivity contribution is 0.103. The van der Waals surface area contributed by atoms with Crippen molar-refractivity contribution in [3.05, 3.63) is 49.1 Å². The first-order chi connectivity index (χ1) is 8.52. The molecule has 1 aromatic carbocycles. The summed E-state index contributed by atoms with van der Waals surface area (Å²) in [5, 5.41) is 0.317. The smallest absolute Gasteiger partial charge is 0.196 e. The second kappa shape index (κ2) is 5.49. The predicted molar refractivity (Wildman–Crippen MR) is 75.8 cm³/mol. The van der Waals surface area contributed by atoms with Crippen LogP contribution in [0.2, 0.25) is 13.7 Å². The lowest BCUT2D eigenvalue weighted by Gasteiger charge is -2.05. The molecule has 2 nitrogen and oxygen atoms in total. The van der Waals surface area contributed by atoms with Gasteiger partial charge in [0, 0.05) is 5.56 Å². The summed E-state index contributed by atoms with van der Waals surface area (Å²) in [6.45, 7) is 0. The lowest BCUT2D eigenvalue weighted by Crippen LogP contribution is -2.01. The number of halogens is 3. The van der Waals surface area contributed by atoms with Crippen molar-refractivity contribution in [1.82, 2.24) is 0 Å². The fourth-order valence-electron chi connectivity index (χ4n) is 1.45. The van der Waals surface area contributed by atoms with Gasteiger partial charge in [-0.05, 0) is 24.3 Å². The van der Waals surface area contributed by atoms with E-state index in [1.165, 1.54) is 13.2 Å². The van der Waals surface area contributed by atoms with E-state index in [2.05, 4.69) is 0 Å². The van der Waals surface area contributed by atoms with Gasteiger partial charge in [-0.1, -0.05) is 34.8 Å². The van der Waals surface area contributed by atoms with Gasteiger partial charge in [0.1, 0.15) is 10.1 Å². The molecule has 0 N–H and O–H groups in total. The van der Waals surface area contributed by atoms with Gasteiger partial charge in [-0.3, -0.25) is 4.79 Å². The first-order valence-electron chi connectivity index (χ1n) is 4.86. The Kier molecular flexibility index (Phi) is 4.17. The lowest BCUT2D eigenvalue weighted by atomic mass is 10.1. The monoisotopic (exact) mass is 320 g/mol. The van der Waals surface area contributed by atoms with Gasteiger partial charge >= 0.3 is 0 Å². The minimum atomic E-state index is -0.254. The van der Waals surface area contributed by atoms with Crippen molar-refractivity contribution in [1.29, 1.82) is 0 Å². The first kappa shape index (κ1) is 13.7. The van der Waals surface area contributed by atoms with Crippen molar-refractivity contribution in [2.45, 2.75) is 0 Å². The van der Waals surface area contributed by atoms with Crippen LogP contribution in [0.15, 0.2) is 24.3 Å². The highest BCUT2D eigenvalue weighted by Crippen LogP contribution is 2.34. The Labute approximate surface area is 123 Å². The molecule has 0 amide bonds. The number of hydrogen-bond donors (Lipinski definition) is 0. The minimum absolute atomic E-state index is 0.254. The first-order valence-corrected chi connectivity index (χ1v) is 6.81. The molecule has 0 atom stereocenters. The summed E-state index contributed by atoms with van der Waals surface area (Å²) in [6, 6.07) is 6.39. The quantitative estimate of drug-likeness (QED) is 0.748. The molecule has 0 saturated carbocycles. The number of ketones is 1. The highest BCUT2D eigenvalue weighted by molar-refractivity contribution is 7.20. The van der Waals surface area contributed by atoms with Crippen LogP contribution in [-0.4, -0.2) is 12.9 Å². The van der Waals surface area contributed by atoms with Crippen molar-refractivity contribution in [3.8, 4) is 5.75 Å². The molecule has 1 heterocycles. The molecule has 0 saturated heterocycles. The molecule has 0 spiro atoms. The molecule has 0 aliphatic heterocycles. The van der Waals surface area contributed by atoms with E-state index < -0.39 is 0 Å². The van der Waals surface area contributed by atoms with Crippen LogP contribution in [0, 0.1) is 0 Å². The van der Waals surface area contributed by atoms with Gasteiger partial charge in [-0.25, -0.2) is 0 Å². The van der Waals surface area contributed by atoms with Crippen molar-refractivity contribution in [2.24, 2.45) is 0 Å². The van der Waals surface area contributed by atoms with Gasteiger partial charge in [0.05, 0.1) is 22.0 Å². The number of rotatable bonds is 3. The van der Waals surface area contributed by atoms with E-state index >= 15 is 0 Å². The van der Waals surface area contributed by atoms with Crippen LogP contribution in [0.5, 0.6) is 5.75 Å². The highest BCUT2D eigenvalue weighted by Gasteiger charge is 2.18. The van der Waals surface area contributed by atoms with Crippen LogP contribution < -0.4 is 4.74 Å². The van der Waals surface area contributed by atoms with Gasteiger partial charge in [0.2, 0.25) is 0 Å². The molecule has 6 heteroatoms. The fraction of sp³-hybridized carbons (Fsp3) is 0.0833. The summed E-state index contributed by atoms with van der Waals surface area (Å²) in [6.07, 6.45) is 0. The van der Waals surface area contributed by atoms with E-state index in [1.54, 1.807) is 18.2 Å². The number of carbonyl (C=O) groups excluding carboxylic acids is 1. The van der Waals surface area contributed by atoms with Crippen molar-refractivity contribution < 1.29 is 9.53 Å². The standard InChI is InChI=1S/C12H7Cl3O2S/c1-17-6-2-3-7(9(13)4-6)11(16)8-5-10(14)18-12(8)15/h2-5H,1H3. The largest absolute Gasteiger partial charge is 0.497 e. The summed E-state index contributed by atoms with van der Waals surface area (Å²) in [4.78, 5) is 12.2. The summed E-state index contributed by atoms with van der Waals surface area (Å²) in [7, 11) is 1.53. The third kappa shape index (κ3) is 2.64. The van der Waals surface area contributed by atoms with E-state index in [0.29, 0.717) is 30.6 Å². The van der Waals surface area contributed by atoms with Crippen LogP contribution >= 0.6 is 46.1 Å². The number of ether oxygens (including phenoxy) is 1. The third-order valence-corrected chi connectivity index (χ3v) is 4.12. The second-order valence-electron chi connectivity index (χ2n) is 3.41. The minimum Gasteiger partial charge on any atom is -0.497 e. The second-order valence-corrected chi connectivity index (χ2v) is 6.11. The van der Waals surface area contributed by atoms with E-state index in [1.807, 2.05) is 0 Å². The molecule has 18 heavy (non-hydrogen) atoms. The zero-order valence-corrected chi connectivity index (χ0v) is 12.3. The zero-order valence-electron chi connectivity index (χ0n) is 9.17. The Morgan fingerprint density at radius 2 is 1.89 bits per heavy atom. The number of methoxy groups -OCH3 is 1. The van der Waals surface area contributed by atoms with Crippen LogP contribution in [0.1, 0.15) is 15.9 Å². The van der Waals surface area contributed by atoms with Crippen molar-refractivity contribution in [2.75, 3.05) is 7.11 Å². The fourth-order valence-corrected chi connectivity index (χ4v) is 3.16. The van der Waals surface area contributed by atoms with Crippen molar-refractivity contribution in [3.63, 3.8) is 0 Å². The topological polar surface area (TPSA) is 26.3 Å². The normalized spacial score (nSPS) is 10.4. The van der Waals surface area contributed by atoms with Gasteiger partial charge in [0.25, 0.3) is 0 Å². The third-order valence-electron chi connectivity index (χ3n) is 2.32. The van der Waals surface area contributed by atoms with E-state index in [9.17, 15) is 4.79 Å². The molecule has 0 unspecified atom stereocenters. The molecular weight excluding hydrogens is 315 g/mol. The highest BCUT2D eigenvalue weighted by atomic mass is 35.5. The molecule has 0 aliphatic rings. The van der Waals surface area contributed by atoms with E-state index in [0.717, 1.165) is 11.3 Å². The van der Waals surface area contributed by atoms with Crippen LogP contribution in [0.25, 0.3) is 0 Å². The van der Waals surface area contributed by atoms with Crippen LogP contribution in [0.4, 0.5) is 0 Å². The van der Waals surface area contributed by atoms with Gasteiger partial charge in [-0.2, -0.15) is 0 Å². The average Bonchev–Trinajstić information content (AvgIpc) is 2.67. The van der Waals surface area contributed by atoms with E-state index in [4.69, 9.17) is 39.5 Å². The maximum Gasteiger partial charge on any atom is 0.196 e. The van der Waals surface area contributed by atoms with Crippen molar-refractivity contribution >= 4 is 51.9 Å². The molecule has 0 fully saturated rings. The predicted octanol–water partition coefficient (Wildman–Crippen LogP) is 4.95. The van der Waals surface area contributed by atoms with Gasteiger partial charge < -0.3 is 4.74 Å². The number of thiophene rings is 1. The van der Waals surface area contributed by atoms with Gasteiger partial charge in [0.15, 0.2) is 5.78 Å². The summed E-state index contributed by atoms with van der Waals surface area (Å²) in [5.41, 5.74) is 0.729. The Morgan fingerprint density at radius 1 is 1.17 bits per heavy atom. The van der Waals surface area contributed by atoms with Crippen LogP contribution in [-0.2, 0) is 0 Å². The molecule has 0 radical (unpaired) electrons. The molecule has 0 bridgehead atoms. The number of carbonyl (C=O) groups is 1. The number of hydrogen-bond acceptors (Lipinski definition) is 3. The average molecular weight is 322 g/mol. The molecule has 2 aromatic rings. The molecular formula is C12H7Cl3O2S. The summed E-state index contributed by atoms with van der Waals surface area (Å²) in [5.74, 6) is 0.335. The molecule has 2 rings (SSSR count). The number of benzene rings is 1. The van der Waals surface area contributed by atoms with E-state index in [-0.39, 0.29) is 5.78 Å². The molecule has 1 aromatic heterocycles.